The summed E-state index contributed by atoms with van der Waals surface area (Å²) in [5, 5.41) is 0. The van der Waals surface area contributed by atoms with Gasteiger partial charge in [-0.05, 0) is 0 Å². The molecule has 1 atom stereocenters. The molecule has 0 heterocycles. The molecular weight excluding hydrogens is 503 g/mol. The second kappa shape index (κ2) is 9.29. The summed E-state index contributed by atoms with van der Waals surface area (Å²) < 4.78 is 1.42. The molecule has 0 nitrogen and oxygen atoms in total. The summed E-state index contributed by atoms with van der Waals surface area (Å²) in [6.07, 6.45) is 0. The molecule has 0 N–H and O–H groups in total. The Kier molecular flexibility index (Phi) is 7.35. The first-order valence-electron chi connectivity index (χ1n) is 10.2. The van der Waals surface area contributed by atoms with Crippen LogP contribution in [0.25, 0.3) is 16.7 Å². The third-order valence-corrected chi connectivity index (χ3v) is 26.2. The fraction of sp³-hybridized carbons (Fsp3) is 0.231. The minimum atomic E-state index is -1.93. The largest absolute Gasteiger partial charge is 0.147 e. The maximum atomic E-state index is 2.60. The van der Waals surface area contributed by atoms with E-state index < -0.39 is 20.4 Å². The number of benzene rings is 3. The van der Waals surface area contributed by atoms with Crippen LogP contribution in [0.4, 0.5) is 0 Å². The van der Waals surface area contributed by atoms with Gasteiger partial charge in [0.1, 0.15) is 0 Å². The Balaban J connectivity index is 0.00000128. The van der Waals surface area contributed by atoms with Gasteiger partial charge in [-0.25, -0.2) is 0 Å². The number of rotatable bonds is 2. The molecule has 154 valence electrons. The summed E-state index contributed by atoms with van der Waals surface area (Å²) in [6, 6.07) is 27.7. The molecule has 0 saturated carbocycles. The van der Waals surface area contributed by atoms with E-state index in [0.717, 1.165) is 3.63 Å². The second-order valence-electron chi connectivity index (χ2n) is 8.39. The van der Waals surface area contributed by atoms with Crippen LogP contribution in [0.15, 0.2) is 78.4 Å². The quantitative estimate of drug-likeness (QED) is 0.294. The number of hydrogen-bond acceptors (Lipinski definition) is 0. The van der Waals surface area contributed by atoms with Gasteiger partial charge in [0, 0.05) is 0 Å². The minimum absolute atomic E-state index is 0. The fourth-order valence-corrected chi connectivity index (χ4v) is 25.9. The number of fused-ring (bicyclic) bond motifs is 4. The van der Waals surface area contributed by atoms with E-state index in [4.69, 9.17) is 0 Å². The van der Waals surface area contributed by atoms with Crippen LogP contribution in [-0.2, 0) is 20.4 Å². The topological polar surface area (TPSA) is 0 Å². The molecule has 0 radical (unpaired) electrons. The molecule has 1 unspecified atom stereocenters. The molecule has 3 aromatic carbocycles. The monoisotopic (exact) mass is 528 g/mol. The maximum absolute atomic E-state index is 2.60. The molecule has 4 heteroatoms. The van der Waals surface area contributed by atoms with Crippen molar-refractivity contribution >= 4 is 35.8 Å². The summed E-state index contributed by atoms with van der Waals surface area (Å²) in [6.45, 7) is 9.99. The Bertz CT molecular complexity index is 1130. The predicted octanol–water partition coefficient (Wildman–Crippen LogP) is 8.02. The standard InChI is InChI=1S/C13H9.C11H11.C2H6Si.2ClH.Zr/c1-3-7-12-10(5-1)9-11-6-2-4-8-13(11)12;1-8-7-10-5-3-4-6-11(10)9(8)2;1-3-2;;;/h1-9H;3-7H,1-2H3;1-2H3;2*1H;. The molecule has 0 spiro atoms. The Hall–Kier alpha value is -0.920. The van der Waals surface area contributed by atoms with Gasteiger partial charge in [0.25, 0.3) is 0 Å². The third kappa shape index (κ3) is 3.55. The van der Waals surface area contributed by atoms with E-state index in [0.29, 0.717) is 3.63 Å². The van der Waals surface area contributed by atoms with Crippen LogP contribution in [-0.4, -0.2) is 5.43 Å². The van der Waals surface area contributed by atoms with Crippen molar-refractivity contribution in [3.05, 3.63) is 101 Å². The van der Waals surface area contributed by atoms with Gasteiger partial charge in [-0.2, -0.15) is 0 Å². The van der Waals surface area contributed by atoms with E-state index in [1.807, 2.05) is 0 Å². The zero-order valence-electron chi connectivity index (χ0n) is 17.9. The van der Waals surface area contributed by atoms with Crippen LogP contribution in [0.2, 0.25) is 13.1 Å². The minimum Gasteiger partial charge on any atom is -0.147 e. The van der Waals surface area contributed by atoms with E-state index in [1.54, 1.807) is 27.8 Å². The van der Waals surface area contributed by atoms with Crippen LogP contribution in [0, 0.1) is 0 Å². The van der Waals surface area contributed by atoms with E-state index >= 15 is 0 Å². The smallest absolute Gasteiger partial charge is 0.147 e. The van der Waals surface area contributed by atoms with E-state index in [9.17, 15) is 0 Å². The van der Waals surface area contributed by atoms with Crippen LogP contribution < -0.4 is 0 Å². The number of hydrogen-bond donors (Lipinski definition) is 0. The van der Waals surface area contributed by atoms with Gasteiger partial charge < -0.3 is 0 Å². The van der Waals surface area contributed by atoms with Crippen molar-refractivity contribution in [3.63, 3.8) is 0 Å². The van der Waals surface area contributed by atoms with Gasteiger partial charge in [0.05, 0.1) is 0 Å². The molecule has 2 aliphatic carbocycles. The average Bonchev–Trinajstić information content (AvgIpc) is 3.17. The first-order chi connectivity index (χ1) is 13.6. The zero-order chi connectivity index (χ0) is 19.4. The molecular formula is C26H28Cl2SiZr. The molecule has 0 aliphatic heterocycles. The Morgan fingerprint density at radius 1 is 0.600 bits per heavy atom. The molecule has 0 saturated heterocycles. The third-order valence-electron chi connectivity index (χ3n) is 6.73. The van der Waals surface area contributed by atoms with Crippen molar-refractivity contribution in [1.82, 2.24) is 0 Å². The SMILES string of the molecule is CC1=C(C)[CH]([Zr]([CH]2c3ccccc3-c3ccccc32)=[Si](C)C)c2ccccc21.Cl.Cl. The average molecular weight is 531 g/mol. The van der Waals surface area contributed by atoms with Crippen LogP contribution in [0.5, 0.6) is 0 Å². The van der Waals surface area contributed by atoms with Gasteiger partial charge in [-0.1, -0.05) is 0 Å². The summed E-state index contributed by atoms with van der Waals surface area (Å²) in [5.41, 5.74) is 12.3. The predicted molar refractivity (Wildman–Crippen MR) is 133 cm³/mol. The Morgan fingerprint density at radius 2 is 1.00 bits per heavy atom. The summed E-state index contributed by atoms with van der Waals surface area (Å²) in [4.78, 5) is 0. The summed E-state index contributed by atoms with van der Waals surface area (Å²) in [7, 11) is 0. The van der Waals surface area contributed by atoms with E-state index in [2.05, 4.69) is 99.7 Å². The van der Waals surface area contributed by atoms with Crippen molar-refractivity contribution < 1.29 is 20.4 Å². The van der Waals surface area contributed by atoms with Gasteiger partial charge >= 0.3 is 177 Å². The Morgan fingerprint density at radius 3 is 1.47 bits per heavy atom. The van der Waals surface area contributed by atoms with Crippen molar-refractivity contribution in [3.8, 4) is 11.1 Å². The molecule has 3 aromatic rings. The first-order valence-corrected chi connectivity index (χ1v) is 19.2. The van der Waals surface area contributed by atoms with Gasteiger partial charge in [0.2, 0.25) is 0 Å². The first kappa shape index (κ1) is 23.7. The van der Waals surface area contributed by atoms with Crippen molar-refractivity contribution in [2.24, 2.45) is 0 Å². The normalized spacial score (nSPS) is 16.2. The molecule has 30 heavy (non-hydrogen) atoms. The van der Waals surface area contributed by atoms with Crippen molar-refractivity contribution in [2.45, 2.75) is 34.2 Å². The zero-order valence-corrected chi connectivity index (χ0v) is 23.0. The molecule has 5 rings (SSSR count). The molecule has 0 amide bonds. The van der Waals surface area contributed by atoms with E-state index in [1.165, 1.54) is 16.7 Å². The van der Waals surface area contributed by atoms with Gasteiger partial charge in [0.15, 0.2) is 0 Å². The number of halogens is 2. The molecule has 0 fully saturated rings. The van der Waals surface area contributed by atoms with Crippen LogP contribution >= 0.6 is 24.8 Å². The number of allylic oxidation sites excluding steroid dienone is 2. The van der Waals surface area contributed by atoms with Crippen LogP contribution in [0.3, 0.4) is 0 Å². The molecule has 2 aliphatic rings. The van der Waals surface area contributed by atoms with Crippen LogP contribution in [0.1, 0.15) is 43.4 Å². The van der Waals surface area contributed by atoms with Gasteiger partial charge in [-0.15, -0.1) is 24.8 Å². The summed E-state index contributed by atoms with van der Waals surface area (Å²) >= 11 is -1.93. The van der Waals surface area contributed by atoms with Gasteiger partial charge in [-0.3, -0.25) is 0 Å². The molecule has 0 bridgehead atoms. The van der Waals surface area contributed by atoms with Crippen molar-refractivity contribution in [1.29, 1.82) is 0 Å². The molecule has 0 aromatic heterocycles. The maximum Gasteiger partial charge on any atom is -0.147 e. The van der Waals surface area contributed by atoms with Crippen molar-refractivity contribution in [2.75, 3.05) is 0 Å². The van der Waals surface area contributed by atoms with E-state index in [-0.39, 0.29) is 30.2 Å². The second-order valence-corrected chi connectivity index (χ2v) is 26.3. The fourth-order valence-electron chi connectivity index (χ4n) is 5.39. The summed E-state index contributed by atoms with van der Waals surface area (Å²) in [5.74, 6) is 0. The Labute approximate surface area is 200 Å².